The molecule has 3 aromatic rings. The molecule has 0 aliphatic carbocycles. The number of pyridine rings is 1. The van der Waals surface area contributed by atoms with Crippen LogP contribution in [0.5, 0.6) is 5.75 Å². The second kappa shape index (κ2) is 6.67. The highest BCUT2D eigenvalue weighted by molar-refractivity contribution is 6.35. The Labute approximate surface area is 149 Å². The lowest BCUT2D eigenvalue weighted by Gasteiger charge is -2.22. The number of rotatable bonds is 3. The second-order valence-corrected chi connectivity index (χ2v) is 6.17. The van der Waals surface area contributed by atoms with Gasteiger partial charge in [0.1, 0.15) is 11.3 Å². The maximum Gasteiger partial charge on any atom is 0.217 e. The van der Waals surface area contributed by atoms with Gasteiger partial charge in [0.05, 0.1) is 11.1 Å². The van der Waals surface area contributed by atoms with Crippen LogP contribution in [-0.4, -0.2) is 16.0 Å². The standard InChI is InChI=1S/C18H14Cl2N2O2/c1-10(23)22-16(11-5-2-3-7-14(11)19)13-9-15(20)12-6-4-8-21-17(12)18(13)24/h2-9,16,24H,1H3,(H,22,23)/t16-/m0/s1. The summed E-state index contributed by atoms with van der Waals surface area (Å²) in [6.45, 7) is 1.40. The van der Waals surface area contributed by atoms with E-state index in [2.05, 4.69) is 10.3 Å². The molecule has 1 amide bonds. The summed E-state index contributed by atoms with van der Waals surface area (Å²) in [6.07, 6.45) is 1.57. The van der Waals surface area contributed by atoms with Gasteiger partial charge >= 0.3 is 0 Å². The molecular weight excluding hydrogens is 347 g/mol. The number of phenolic OH excluding ortho intramolecular Hbond substituents is 1. The monoisotopic (exact) mass is 360 g/mol. The lowest BCUT2D eigenvalue weighted by Crippen LogP contribution is -2.27. The topological polar surface area (TPSA) is 62.2 Å². The van der Waals surface area contributed by atoms with Crippen molar-refractivity contribution in [1.82, 2.24) is 10.3 Å². The lowest BCUT2D eigenvalue weighted by atomic mass is 9.96. The molecule has 122 valence electrons. The summed E-state index contributed by atoms with van der Waals surface area (Å²) in [6, 6.07) is 11.6. The highest BCUT2D eigenvalue weighted by atomic mass is 35.5. The summed E-state index contributed by atoms with van der Waals surface area (Å²) < 4.78 is 0. The van der Waals surface area contributed by atoms with Crippen LogP contribution in [0.25, 0.3) is 10.9 Å². The number of halogens is 2. The van der Waals surface area contributed by atoms with Crippen molar-refractivity contribution < 1.29 is 9.90 Å². The van der Waals surface area contributed by atoms with E-state index in [1.165, 1.54) is 6.92 Å². The van der Waals surface area contributed by atoms with Gasteiger partial charge in [0.25, 0.3) is 0 Å². The van der Waals surface area contributed by atoms with Gasteiger partial charge in [-0.25, -0.2) is 0 Å². The van der Waals surface area contributed by atoms with Gasteiger partial charge in [-0.1, -0.05) is 41.4 Å². The first-order chi connectivity index (χ1) is 11.5. The number of aromatic hydroxyl groups is 1. The van der Waals surface area contributed by atoms with Crippen molar-refractivity contribution in [2.24, 2.45) is 0 Å². The van der Waals surface area contributed by atoms with Crippen molar-refractivity contribution >= 4 is 40.0 Å². The number of nitrogens with one attached hydrogen (secondary N) is 1. The average Bonchev–Trinajstić information content (AvgIpc) is 2.57. The van der Waals surface area contributed by atoms with E-state index >= 15 is 0 Å². The third-order valence-corrected chi connectivity index (χ3v) is 4.38. The van der Waals surface area contributed by atoms with Crippen LogP contribution >= 0.6 is 23.2 Å². The van der Waals surface area contributed by atoms with Crippen molar-refractivity contribution in [3.63, 3.8) is 0 Å². The minimum atomic E-state index is -0.639. The molecule has 0 aliphatic heterocycles. The molecule has 0 unspecified atom stereocenters. The van der Waals surface area contributed by atoms with Crippen LogP contribution in [0, 0.1) is 0 Å². The molecule has 1 aromatic heterocycles. The van der Waals surface area contributed by atoms with E-state index in [0.717, 1.165) is 0 Å². The highest BCUT2D eigenvalue weighted by Crippen LogP contribution is 2.39. The third-order valence-electron chi connectivity index (χ3n) is 3.72. The SMILES string of the molecule is CC(=O)N[C@@H](c1ccccc1Cl)c1cc(Cl)c2cccnc2c1O. The smallest absolute Gasteiger partial charge is 0.217 e. The Bertz CT molecular complexity index is 928. The molecule has 0 saturated carbocycles. The Hall–Kier alpha value is -2.30. The number of phenols is 1. The molecule has 0 radical (unpaired) electrons. The fourth-order valence-electron chi connectivity index (χ4n) is 2.66. The van der Waals surface area contributed by atoms with Gasteiger partial charge < -0.3 is 10.4 Å². The molecule has 4 nitrogen and oxygen atoms in total. The Morgan fingerprint density at radius 2 is 1.88 bits per heavy atom. The summed E-state index contributed by atoms with van der Waals surface area (Å²) in [7, 11) is 0. The number of amides is 1. The van der Waals surface area contributed by atoms with Gasteiger partial charge in [-0.2, -0.15) is 0 Å². The molecule has 6 heteroatoms. The van der Waals surface area contributed by atoms with Gasteiger partial charge in [0, 0.05) is 29.1 Å². The van der Waals surface area contributed by atoms with E-state index in [1.807, 2.05) is 6.07 Å². The molecule has 0 spiro atoms. The van der Waals surface area contributed by atoms with Crippen molar-refractivity contribution in [2.45, 2.75) is 13.0 Å². The molecular formula is C18H14Cl2N2O2. The van der Waals surface area contributed by atoms with E-state index in [4.69, 9.17) is 23.2 Å². The summed E-state index contributed by atoms with van der Waals surface area (Å²) in [5, 5.41) is 15.1. The first kappa shape index (κ1) is 16.6. The van der Waals surface area contributed by atoms with Crippen LogP contribution in [0.1, 0.15) is 24.1 Å². The first-order valence-electron chi connectivity index (χ1n) is 7.26. The number of aromatic nitrogens is 1. The molecule has 2 N–H and O–H groups in total. The predicted octanol–water partition coefficient (Wildman–Crippen LogP) is 4.47. The van der Waals surface area contributed by atoms with Crippen molar-refractivity contribution in [3.05, 3.63) is 69.8 Å². The summed E-state index contributed by atoms with van der Waals surface area (Å²) in [5.74, 6) is -0.287. The minimum absolute atomic E-state index is 0.0336. The number of carbonyl (C=O) groups is 1. The number of carbonyl (C=O) groups excluding carboxylic acids is 1. The predicted molar refractivity (Wildman–Crippen MR) is 95.5 cm³/mol. The highest BCUT2D eigenvalue weighted by Gasteiger charge is 2.23. The fraction of sp³-hybridized carbons (Fsp3) is 0.111. The Kier molecular flexibility index (Phi) is 4.60. The number of fused-ring (bicyclic) bond motifs is 1. The van der Waals surface area contributed by atoms with Crippen LogP contribution in [-0.2, 0) is 4.79 Å². The van der Waals surface area contributed by atoms with Gasteiger partial charge in [0.15, 0.2) is 0 Å². The van der Waals surface area contributed by atoms with Crippen LogP contribution in [0.15, 0.2) is 48.7 Å². The number of benzene rings is 2. The molecule has 0 bridgehead atoms. The summed E-state index contributed by atoms with van der Waals surface area (Å²) >= 11 is 12.6. The van der Waals surface area contributed by atoms with Gasteiger partial charge in [-0.15, -0.1) is 0 Å². The van der Waals surface area contributed by atoms with E-state index in [9.17, 15) is 9.90 Å². The molecule has 3 rings (SSSR count). The molecule has 1 heterocycles. The molecule has 1 atom stereocenters. The van der Waals surface area contributed by atoms with Gasteiger partial charge in [0.2, 0.25) is 5.91 Å². The summed E-state index contributed by atoms with van der Waals surface area (Å²) in [5.41, 5.74) is 1.48. The fourth-order valence-corrected chi connectivity index (χ4v) is 3.18. The summed E-state index contributed by atoms with van der Waals surface area (Å²) in [4.78, 5) is 15.9. The van der Waals surface area contributed by atoms with E-state index in [1.54, 1.807) is 42.6 Å². The van der Waals surface area contributed by atoms with Crippen LogP contribution < -0.4 is 5.32 Å². The van der Waals surface area contributed by atoms with E-state index in [-0.39, 0.29) is 11.7 Å². The Balaban J connectivity index is 2.25. The third kappa shape index (κ3) is 3.03. The maximum absolute atomic E-state index is 11.7. The zero-order chi connectivity index (χ0) is 17.3. The number of hydrogen-bond donors (Lipinski definition) is 2. The quantitative estimate of drug-likeness (QED) is 0.723. The van der Waals surface area contributed by atoms with Crippen molar-refractivity contribution in [2.75, 3.05) is 0 Å². The van der Waals surface area contributed by atoms with Crippen molar-refractivity contribution in [3.8, 4) is 5.75 Å². The Morgan fingerprint density at radius 3 is 2.58 bits per heavy atom. The van der Waals surface area contributed by atoms with Gasteiger partial charge in [-0.3, -0.25) is 9.78 Å². The number of nitrogens with zero attached hydrogens (tertiary/aromatic N) is 1. The van der Waals surface area contributed by atoms with Gasteiger partial charge in [-0.05, 0) is 29.8 Å². The molecule has 0 aliphatic rings. The second-order valence-electron chi connectivity index (χ2n) is 5.35. The molecule has 0 saturated heterocycles. The van der Waals surface area contributed by atoms with Crippen LogP contribution in [0.3, 0.4) is 0 Å². The van der Waals surface area contributed by atoms with E-state index < -0.39 is 6.04 Å². The zero-order valence-electron chi connectivity index (χ0n) is 12.8. The van der Waals surface area contributed by atoms with Crippen LogP contribution in [0.2, 0.25) is 10.0 Å². The lowest BCUT2D eigenvalue weighted by molar-refractivity contribution is -0.119. The average molecular weight is 361 g/mol. The largest absolute Gasteiger partial charge is 0.505 e. The first-order valence-corrected chi connectivity index (χ1v) is 8.02. The Morgan fingerprint density at radius 1 is 1.12 bits per heavy atom. The molecule has 24 heavy (non-hydrogen) atoms. The zero-order valence-corrected chi connectivity index (χ0v) is 14.3. The normalized spacial score (nSPS) is 12.1. The molecule has 0 fully saturated rings. The minimum Gasteiger partial charge on any atom is -0.505 e. The molecule has 2 aromatic carbocycles. The van der Waals surface area contributed by atoms with Crippen molar-refractivity contribution in [1.29, 1.82) is 0 Å². The number of hydrogen-bond acceptors (Lipinski definition) is 3. The maximum atomic E-state index is 11.7. The van der Waals surface area contributed by atoms with Crippen LogP contribution in [0.4, 0.5) is 0 Å². The van der Waals surface area contributed by atoms with E-state index in [0.29, 0.717) is 32.1 Å².